The Kier molecular flexibility index (Phi) is 4.56. The van der Waals surface area contributed by atoms with E-state index in [9.17, 15) is 0 Å². The minimum atomic E-state index is 0.631. The SMILES string of the molecule is CCC1CCCCN1Cc1nc(-c2ccc(Cl)cc2)no1. The lowest BCUT2D eigenvalue weighted by molar-refractivity contribution is 0.120. The predicted molar refractivity (Wildman–Crippen MR) is 83.1 cm³/mol. The van der Waals surface area contributed by atoms with Crippen molar-refractivity contribution in [3.05, 3.63) is 35.2 Å². The summed E-state index contributed by atoms with van der Waals surface area (Å²) in [4.78, 5) is 6.97. The second-order valence-electron chi connectivity index (χ2n) is 5.55. The van der Waals surface area contributed by atoms with Gasteiger partial charge in [-0.2, -0.15) is 4.98 Å². The third kappa shape index (κ3) is 3.44. The van der Waals surface area contributed by atoms with Crippen LogP contribution in [0.5, 0.6) is 0 Å². The van der Waals surface area contributed by atoms with Gasteiger partial charge in [0, 0.05) is 16.6 Å². The van der Waals surface area contributed by atoms with Crippen LogP contribution in [0, 0.1) is 0 Å². The number of halogens is 1. The first kappa shape index (κ1) is 14.5. The van der Waals surface area contributed by atoms with Crippen molar-refractivity contribution in [1.29, 1.82) is 0 Å². The highest BCUT2D eigenvalue weighted by molar-refractivity contribution is 6.30. The molecule has 3 rings (SSSR count). The van der Waals surface area contributed by atoms with Crippen molar-refractivity contribution in [3.63, 3.8) is 0 Å². The molecule has 0 N–H and O–H groups in total. The van der Waals surface area contributed by atoms with Crippen LogP contribution in [0.4, 0.5) is 0 Å². The Hall–Kier alpha value is -1.39. The fourth-order valence-corrected chi connectivity index (χ4v) is 3.07. The van der Waals surface area contributed by atoms with Crippen LogP contribution in [0.25, 0.3) is 11.4 Å². The van der Waals surface area contributed by atoms with Crippen LogP contribution in [-0.2, 0) is 6.54 Å². The van der Waals surface area contributed by atoms with Crippen LogP contribution in [0.1, 0.15) is 38.5 Å². The van der Waals surface area contributed by atoms with Gasteiger partial charge in [-0.1, -0.05) is 30.1 Å². The molecule has 0 aliphatic carbocycles. The maximum Gasteiger partial charge on any atom is 0.241 e. The van der Waals surface area contributed by atoms with Gasteiger partial charge in [0.25, 0.3) is 0 Å². The molecular weight excluding hydrogens is 286 g/mol. The van der Waals surface area contributed by atoms with Gasteiger partial charge in [0.1, 0.15) is 0 Å². The molecule has 21 heavy (non-hydrogen) atoms. The number of likely N-dealkylation sites (tertiary alicyclic amines) is 1. The van der Waals surface area contributed by atoms with Gasteiger partial charge in [-0.3, -0.25) is 4.90 Å². The van der Waals surface area contributed by atoms with Crippen molar-refractivity contribution < 1.29 is 4.52 Å². The molecule has 2 aromatic rings. The number of nitrogens with zero attached hydrogens (tertiary/aromatic N) is 3. The minimum absolute atomic E-state index is 0.631. The summed E-state index contributed by atoms with van der Waals surface area (Å²) in [7, 11) is 0. The second-order valence-corrected chi connectivity index (χ2v) is 5.98. The van der Waals surface area contributed by atoms with Crippen molar-refractivity contribution in [2.45, 2.75) is 45.2 Å². The summed E-state index contributed by atoms with van der Waals surface area (Å²) in [6.45, 7) is 4.12. The van der Waals surface area contributed by atoms with E-state index in [4.69, 9.17) is 16.1 Å². The second kappa shape index (κ2) is 6.58. The Morgan fingerprint density at radius 1 is 1.29 bits per heavy atom. The average molecular weight is 306 g/mol. The summed E-state index contributed by atoms with van der Waals surface area (Å²) in [5.41, 5.74) is 0.931. The van der Waals surface area contributed by atoms with E-state index in [0.29, 0.717) is 22.8 Å². The molecule has 0 radical (unpaired) electrons. The molecular formula is C16H20ClN3O. The summed E-state index contributed by atoms with van der Waals surface area (Å²) in [5.74, 6) is 1.33. The Bertz CT molecular complexity index is 581. The topological polar surface area (TPSA) is 42.2 Å². The molecule has 1 atom stereocenters. The lowest BCUT2D eigenvalue weighted by atomic mass is 10.0. The molecule has 4 nitrogen and oxygen atoms in total. The normalized spacial score (nSPS) is 19.8. The van der Waals surface area contributed by atoms with Crippen molar-refractivity contribution >= 4 is 11.6 Å². The Balaban J connectivity index is 1.71. The number of piperidine rings is 1. The summed E-state index contributed by atoms with van der Waals surface area (Å²) in [6, 6.07) is 8.14. The highest BCUT2D eigenvalue weighted by Gasteiger charge is 2.22. The molecule has 1 unspecified atom stereocenters. The van der Waals surface area contributed by atoms with Crippen molar-refractivity contribution in [2.24, 2.45) is 0 Å². The zero-order valence-electron chi connectivity index (χ0n) is 12.3. The van der Waals surface area contributed by atoms with E-state index >= 15 is 0 Å². The molecule has 0 amide bonds. The molecule has 1 saturated heterocycles. The third-order valence-electron chi connectivity index (χ3n) is 4.13. The predicted octanol–water partition coefficient (Wildman–Crippen LogP) is 4.15. The van der Waals surface area contributed by atoms with Crippen LogP contribution in [0.15, 0.2) is 28.8 Å². The standard InChI is InChI=1S/C16H20ClN3O/c1-2-14-5-3-4-10-20(14)11-15-18-16(19-21-15)12-6-8-13(17)9-7-12/h6-9,14H,2-5,10-11H2,1H3. The van der Waals surface area contributed by atoms with Gasteiger partial charge >= 0.3 is 0 Å². The first-order valence-corrected chi connectivity index (χ1v) is 7.96. The van der Waals surface area contributed by atoms with E-state index in [1.54, 1.807) is 0 Å². The van der Waals surface area contributed by atoms with E-state index in [1.165, 1.54) is 25.7 Å². The lowest BCUT2D eigenvalue weighted by Crippen LogP contribution is -2.38. The molecule has 5 heteroatoms. The van der Waals surface area contributed by atoms with Crippen LogP contribution in [0.3, 0.4) is 0 Å². The average Bonchev–Trinajstić information content (AvgIpc) is 2.97. The van der Waals surface area contributed by atoms with Crippen LogP contribution in [0.2, 0.25) is 5.02 Å². The molecule has 1 aliphatic heterocycles. The van der Waals surface area contributed by atoms with Gasteiger partial charge in [-0.15, -0.1) is 0 Å². The lowest BCUT2D eigenvalue weighted by Gasteiger charge is -2.33. The van der Waals surface area contributed by atoms with Gasteiger partial charge in [-0.05, 0) is 50.1 Å². The van der Waals surface area contributed by atoms with Crippen molar-refractivity contribution in [2.75, 3.05) is 6.54 Å². The largest absolute Gasteiger partial charge is 0.338 e. The molecule has 1 fully saturated rings. The summed E-state index contributed by atoms with van der Waals surface area (Å²) in [5, 5.41) is 4.79. The fraction of sp³-hybridized carbons (Fsp3) is 0.500. The number of aromatic nitrogens is 2. The molecule has 0 saturated carbocycles. The van der Waals surface area contributed by atoms with Crippen molar-refractivity contribution in [3.8, 4) is 11.4 Å². The first-order chi connectivity index (χ1) is 10.3. The number of hydrogen-bond acceptors (Lipinski definition) is 4. The number of rotatable bonds is 4. The molecule has 1 aliphatic rings. The van der Waals surface area contributed by atoms with E-state index in [2.05, 4.69) is 22.0 Å². The molecule has 2 heterocycles. The molecule has 0 spiro atoms. The molecule has 1 aromatic heterocycles. The highest BCUT2D eigenvalue weighted by atomic mass is 35.5. The maximum atomic E-state index is 5.89. The van der Waals surface area contributed by atoms with E-state index in [0.717, 1.165) is 18.7 Å². The summed E-state index contributed by atoms with van der Waals surface area (Å²) in [6.07, 6.45) is 5.04. The van der Waals surface area contributed by atoms with Gasteiger partial charge in [0.15, 0.2) is 0 Å². The first-order valence-electron chi connectivity index (χ1n) is 7.59. The quantitative estimate of drug-likeness (QED) is 0.851. The minimum Gasteiger partial charge on any atom is -0.338 e. The zero-order valence-corrected chi connectivity index (χ0v) is 13.0. The fourth-order valence-electron chi connectivity index (χ4n) is 2.94. The van der Waals surface area contributed by atoms with E-state index in [-0.39, 0.29) is 0 Å². The van der Waals surface area contributed by atoms with Gasteiger partial charge in [-0.25, -0.2) is 0 Å². The van der Waals surface area contributed by atoms with E-state index in [1.807, 2.05) is 24.3 Å². The number of benzene rings is 1. The van der Waals surface area contributed by atoms with E-state index < -0.39 is 0 Å². The molecule has 1 aromatic carbocycles. The van der Waals surface area contributed by atoms with Gasteiger partial charge in [0.05, 0.1) is 6.54 Å². The zero-order chi connectivity index (χ0) is 14.7. The van der Waals surface area contributed by atoms with Crippen LogP contribution < -0.4 is 0 Å². The monoisotopic (exact) mass is 305 g/mol. The van der Waals surface area contributed by atoms with Crippen molar-refractivity contribution in [1.82, 2.24) is 15.0 Å². The van der Waals surface area contributed by atoms with Gasteiger partial charge in [0.2, 0.25) is 11.7 Å². The van der Waals surface area contributed by atoms with Gasteiger partial charge < -0.3 is 4.52 Å². The Morgan fingerprint density at radius 2 is 2.10 bits per heavy atom. The Morgan fingerprint density at radius 3 is 2.86 bits per heavy atom. The highest BCUT2D eigenvalue weighted by Crippen LogP contribution is 2.23. The van der Waals surface area contributed by atoms with Crippen LogP contribution >= 0.6 is 11.6 Å². The number of hydrogen-bond donors (Lipinski definition) is 0. The summed E-state index contributed by atoms with van der Waals surface area (Å²) < 4.78 is 5.41. The maximum absolute atomic E-state index is 5.89. The smallest absolute Gasteiger partial charge is 0.241 e. The Labute approximate surface area is 130 Å². The summed E-state index contributed by atoms with van der Waals surface area (Å²) >= 11 is 5.89. The molecule has 112 valence electrons. The molecule has 0 bridgehead atoms. The third-order valence-corrected chi connectivity index (χ3v) is 4.38. The van der Waals surface area contributed by atoms with Crippen LogP contribution in [-0.4, -0.2) is 27.6 Å².